The van der Waals surface area contributed by atoms with Crippen molar-refractivity contribution in [2.45, 2.75) is 37.7 Å². The number of rotatable bonds is 5. The number of benzene rings is 1. The summed E-state index contributed by atoms with van der Waals surface area (Å²) in [5, 5.41) is 10.0. The van der Waals surface area contributed by atoms with Crippen LogP contribution in [0.15, 0.2) is 30.3 Å². The molecule has 1 aromatic rings. The van der Waals surface area contributed by atoms with E-state index in [1.54, 1.807) is 0 Å². The van der Waals surface area contributed by atoms with Crippen LogP contribution in [0.3, 0.4) is 0 Å². The molecule has 0 aromatic heterocycles. The smallest absolute Gasteiger partial charge is 0.119 e. The Hall–Kier alpha value is -1.06. The maximum absolute atomic E-state index is 10.0. The fourth-order valence-corrected chi connectivity index (χ4v) is 2.57. The molecule has 0 radical (unpaired) electrons. The van der Waals surface area contributed by atoms with Crippen LogP contribution in [0.4, 0.5) is 0 Å². The molecule has 3 N–H and O–H groups in total. The highest BCUT2D eigenvalue weighted by molar-refractivity contribution is 5.20. The van der Waals surface area contributed by atoms with Gasteiger partial charge in [-0.05, 0) is 50.2 Å². The number of nitrogens with two attached hydrogens (primary N) is 1. The van der Waals surface area contributed by atoms with Gasteiger partial charge >= 0.3 is 0 Å². The Kier molecular flexibility index (Phi) is 4.61. The van der Waals surface area contributed by atoms with Gasteiger partial charge in [-0.25, -0.2) is 0 Å². The lowest BCUT2D eigenvalue weighted by atomic mass is 9.78. The van der Waals surface area contributed by atoms with Gasteiger partial charge in [0.2, 0.25) is 0 Å². The van der Waals surface area contributed by atoms with Crippen molar-refractivity contribution in [3.63, 3.8) is 0 Å². The zero-order chi connectivity index (χ0) is 12.8. The van der Waals surface area contributed by atoms with Gasteiger partial charge in [-0.15, -0.1) is 0 Å². The lowest BCUT2D eigenvalue weighted by molar-refractivity contribution is -0.00349. The molecule has 1 saturated carbocycles. The second-order valence-electron chi connectivity index (χ2n) is 5.32. The lowest BCUT2D eigenvalue weighted by Gasteiger charge is -2.35. The number of para-hydroxylation sites is 1. The first kappa shape index (κ1) is 13.4. The highest BCUT2D eigenvalue weighted by Crippen LogP contribution is 2.33. The van der Waals surface area contributed by atoms with Crippen molar-refractivity contribution in [3.05, 3.63) is 30.3 Å². The number of hydrogen-bond donors (Lipinski definition) is 2. The molecule has 100 valence electrons. The van der Waals surface area contributed by atoms with Crippen LogP contribution in [0, 0.1) is 5.92 Å². The minimum Gasteiger partial charge on any atom is -0.494 e. The molecular formula is C15H23NO2. The van der Waals surface area contributed by atoms with Crippen LogP contribution in [0.2, 0.25) is 0 Å². The van der Waals surface area contributed by atoms with E-state index in [0.29, 0.717) is 12.5 Å². The monoisotopic (exact) mass is 249 g/mol. The summed E-state index contributed by atoms with van der Waals surface area (Å²) in [7, 11) is 0. The van der Waals surface area contributed by atoms with E-state index in [4.69, 9.17) is 10.5 Å². The average molecular weight is 249 g/mol. The minimum absolute atomic E-state index is 0.389. The fraction of sp³-hybridized carbons (Fsp3) is 0.600. The zero-order valence-electron chi connectivity index (χ0n) is 10.8. The van der Waals surface area contributed by atoms with Gasteiger partial charge in [0.1, 0.15) is 5.75 Å². The third-order valence-electron chi connectivity index (χ3n) is 3.95. The fourth-order valence-electron chi connectivity index (χ4n) is 2.57. The molecule has 0 atom stereocenters. The predicted molar refractivity (Wildman–Crippen MR) is 72.5 cm³/mol. The van der Waals surface area contributed by atoms with Gasteiger partial charge in [-0.3, -0.25) is 0 Å². The Labute approximate surface area is 109 Å². The minimum atomic E-state index is -0.600. The summed E-state index contributed by atoms with van der Waals surface area (Å²) in [6, 6.07) is 9.92. The Morgan fingerprint density at radius 3 is 2.50 bits per heavy atom. The first-order valence-electron chi connectivity index (χ1n) is 6.82. The highest BCUT2D eigenvalue weighted by Gasteiger charge is 2.31. The van der Waals surface area contributed by atoms with Crippen LogP contribution in [0.25, 0.3) is 0 Å². The highest BCUT2D eigenvalue weighted by atomic mass is 16.5. The molecule has 1 aromatic carbocycles. The Balaban J connectivity index is 1.67. The summed E-state index contributed by atoms with van der Waals surface area (Å²) < 4.78 is 5.70. The molecule has 3 nitrogen and oxygen atoms in total. The van der Waals surface area contributed by atoms with Gasteiger partial charge in [0, 0.05) is 6.54 Å². The molecule has 3 heteroatoms. The van der Waals surface area contributed by atoms with Gasteiger partial charge in [0.15, 0.2) is 0 Å². The standard InChI is InChI=1S/C15H23NO2/c16-12-15(17)9-6-13(7-10-15)8-11-18-14-4-2-1-3-5-14/h1-5,13,17H,6-12,16H2/t13-,15-. The van der Waals surface area contributed by atoms with Crippen molar-refractivity contribution in [2.24, 2.45) is 11.7 Å². The quantitative estimate of drug-likeness (QED) is 0.842. The van der Waals surface area contributed by atoms with Crippen LogP contribution < -0.4 is 10.5 Å². The summed E-state index contributed by atoms with van der Waals surface area (Å²) in [6.45, 7) is 1.15. The van der Waals surface area contributed by atoms with Crippen LogP contribution >= 0.6 is 0 Å². The molecule has 1 aliphatic carbocycles. The normalized spacial score (nSPS) is 28.0. The maximum atomic E-state index is 10.0. The summed E-state index contributed by atoms with van der Waals surface area (Å²) in [6.07, 6.45) is 4.85. The van der Waals surface area contributed by atoms with E-state index in [0.717, 1.165) is 44.5 Å². The molecular weight excluding hydrogens is 226 g/mol. The summed E-state index contributed by atoms with van der Waals surface area (Å²) >= 11 is 0. The SMILES string of the molecule is NC[C@]1(O)CC[C@H](CCOc2ccccc2)CC1. The first-order chi connectivity index (χ1) is 8.72. The summed E-state index contributed by atoms with van der Waals surface area (Å²) in [5.74, 6) is 1.60. The third kappa shape index (κ3) is 3.72. The molecule has 1 aliphatic rings. The number of aliphatic hydroxyl groups is 1. The number of ether oxygens (including phenoxy) is 1. The molecule has 0 aliphatic heterocycles. The second-order valence-corrected chi connectivity index (χ2v) is 5.32. The molecule has 0 spiro atoms. The van der Waals surface area contributed by atoms with E-state index < -0.39 is 5.60 Å². The van der Waals surface area contributed by atoms with Gasteiger partial charge in [0.25, 0.3) is 0 Å². The van der Waals surface area contributed by atoms with Crippen molar-refractivity contribution in [2.75, 3.05) is 13.2 Å². The molecule has 0 amide bonds. The Bertz CT molecular complexity index is 345. The van der Waals surface area contributed by atoms with E-state index in [-0.39, 0.29) is 0 Å². The molecule has 0 saturated heterocycles. The van der Waals surface area contributed by atoms with E-state index in [2.05, 4.69) is 0 Å². The predicted octanol–water partition coefficient (Wildman–Crippen LogP) is 2.34. The van der Waals surface area contributed by atoms with E-state index >= 15 is 0 Å². The molecule has 0 bridgehead atoms. The average Bonchev–Trinajstić information content (AvgIpc) is 2.42. The van der Waals surface area contributed by atoms with Crippen LogP contribution in [0.5, 0.6) is 5.75 Å². The number of hydrogen-bond acceptors (Lipinski definition) is 3. The molecule has 0 unspecified atom stereocenters. The van der Waals surface area contributed by atoms with Crippen molar-refractivity contribution in [1.29, 1.82) is 0 Å². The lowest BCUT2D eigenvalue weighted by Crippen LogP contribution is -2.41. The Morgan fingerprint density at radius 1 is 1.22 bits per heavy atom. The molecule has 18 heavy (non-hydrogen) atoms. The zero-order valence-corrected chi connectivity index (χ0v) is 10.8. The van der Waals surface area contributed by atoms with Crippen molar-refractivity contribution < 1.29 is 9.84 Å². The van der Waals surface area contributed by atoms with Crippen LogP contribution in [0.1, 0.15) is 32.1 Å². The van der Waals surface area contributed by atoms with Gasteiger partial charge < -0.3 is 15.6 Å². The summed E-state index contributed by atoms with van der Waals surface area (Å²) in [5.41, 5.74) is 4.98. The third-order valence-corrected chi connectivity index (χ3v) is 3.95. The first-order valence-corrected chi connectivity index (χ1v) is 6.82. The molecule has 1 fully saturated rings. The van der Waals surface area contributed by atoms with Gasteiger partial charge in [-0.1, -0.05) is 18.2 Å². The maximum Gasteiger partial charge on any atom is 0.119 e. The van der Waals surface area contributed by atoms with Crippen LogP contribution in [-0.4, -0.2) is 23.9 Å². The van der Waals surface area contributed by atoms with E-state index in [1.807, 2.05) is 30.3 Å². The molecule has 0 heterocycles. The van der Waals surface area contributed by atoms with Gasteiger partial charge in [-0.2, -0.15) is 0 Å². The van der Waals surface area contributed by atoms with E-state index in [9.17, 15) is 5.11 Å². The van der Waals surface area contributed by atoms with Crippen molar-refractivity contribution >= 4 is 0 Å². The second kappa shape index (κ2) is 6.21. The van der Waals surface area contributed by atoms with E-state index in [1.165, 1.54) is 0 Å². The molecule has 2 rings (SSSR count). The van der Waals surface area contributed by atoms with Crippen molar-refractivity contribution in [3.8, 4) is 5.75 Å². The summed E-state index contributed by atoms with van der Waals surface area (Å²) in [4.78, 5) is 0. The van der Waals surface area contributed by atoms with Crippen LogP contribution in [-0.2, 0) is 0 Å². The Morgan fingerprint density at radius 2 is 1.89 bits per heavy atom. The topological polar surface area (TPSA) is 55.5 Å². The largest absolute Gasteiger partial charge is 0.494 e. The van der Waals surface area contributed by atoms with Gasteiger partial charge in [0.05, 0.1) is 12.2 Å². The van der Waals surface area contributed by atoms with Crippen molar-refractivity contribution in [1.82, 2.24) is 0 Å².